The first-order valence-electron chi connectivity index (χ1n) is 5.18. The quantitative estimate of drug-likeness (QED) is 0.646. The molecule has 0 fully saturated rings. The van der Waals surface area contributed by atoms with Gasteiger partial charge in [0.25, 0.3) is 5.91 Å². The van der Waals surface area contributed by atoms with Crippen LogP contribution in [0.5, 0.6) is 0 Å². The Morgan fingerprint density at radius 2 is 2.06 bits per heavy atom. The molecule has 1 aromatic carbocycles. The molecular weight excluding hydrogens is 268 g/mol. The minimum atomic E-state index is -0.0760. The van der Waals surface area contributed by atoms with Crippen LogP contribution in [0.2, 0.25) is 0 Å². The Balaban J connectivity index is 2.11. The predicted octanol–water partition coefficient (Wildman–Crippen LogP) is 2.48. The summed E-state index contributed by atoms with van der Waals surface area (Å²) in [6.45, 7) is 0. The van der Waals surface area contributed by atoms with Crippen LogP contribution in [0.1, 0.15) is 23.2 Å². The van der Waals surface area contributed by atoms with Crippen LogP contribution in [0.4, 0.5) is 5.69 Å². The fraction of sp³-hybridized carbons (Fsp3) is 0.250. The van der Waals surface area contributed by atoms with Gasteiger partial charge in [-0.15, -0.1) is 0 Å². The van der Waals surface area contributed by atoms with Gasteiger partial charge in [-0.2, -0.15) is 0 Å². The predicted molar refractivity (Wildman–Crippen MR) is 68.2 cm³/mol. The number of amides is 1. The maximum atomic E-state index is 11.9. The Hall–Kier alpha value is -1.29. The van der Waals surface area contributed by atoms with Gasteiger partial charge in [0.15, 0.2) is 0 Å². The second kappa shape index (κ2) is 4.70. The van der Waals surface area contributed by atoms with Crippen LogP contribution in [0.15, 0.2) is 34.8 Å². The molecule has 4 heteroatoms. The molecule has 0 aromatic heterocycles. The molecular formula is C12H13BrN2O. The van der Waals surface area contributed by atoms with E-state index in [1.165, 1.54) is 0 Å². The molecule has 2 rings (SSSR count). The number of hydrogen-bond acceptors (Lipinski definition) is 2. The summed E-state index contributed by atoms with van der Waals surface area (Å²) in [6.07, 6.45) is 5.98. The van der Waals surface area contributed by atoms with E-state index in [2.05, 4.69) is 33.4 Å². The van der Waals surface area contributed by atoms with Crippen LogP contribution in [0.25, 0.3) is 0 Å². The van der Waals surface area contributed by atoms with Gasteiger partial charge in [0, 0.05) is 11.7 Å². The van der Waals surface area contributed by atoms with Crippen LogP contribution in [-0.4, -0.2) is 11.9 Å². The number of carbonyl (C=O) groups is 1. The monoisotopic (exact) mass is 280 g/mol. The molecule has 0 aliphatic heterocycles. The minimum absolute atomic E-state index is 0.0760. The summed E-state index contributed by atoms with van der Waals surface area (Å²) in [5.74, 6) is -0.0760. The fourth-order valence-electron chi connectivity index (χ4n) is 1.72. The van der Waals surface area contributed by atoms with Crippen molar-refractivity contribution in [1.29, 1.82) is 0 Å². The molecule has 0 saturated carbocycles. The van der Waals surface area contributed by atoms with Crippen molar-refractivity contribution in [3.63, 3.8) is 0 Å². The lowest BCUT2D eigenvalue weighted by Crippen LogP contribution is -2.33. The number of nitrogens with one attached hydrogen (secondary N) is 1. The van der Waals surface area contributed by atoms with Crippen molar-refractivity contribution in [1.82, 2.24) is 5.32 Å². The summed E-state index contributed by atoms with van der Waals surface area (Å²) in [4.78, 5) is 11.9. The molecule has 0 spiro atoms. The van der Waals surface area contributed by atoms with E-state index < -0.39 is 0 Å². The van der Waals surface area contributed by atoms with Crippen LogP contribution in [0.3, 0.4) is 0 Å². The molecule has 1 amide bonds. The zero-order valence-electron chi connectivity index (χ0n) is 8.74. The van der Waals surface area contributed by atoms with E-state index in [1.807, 2.05) is 0 Å². The Labute approximate surface area is 103 Å². The minimum Gasteiger partial charge on any atom is -0.398 e. The normalized spacial score (nSPS) is 15.3. The summed E-state index contributed by atoms with van der Waals surface area (Å²) in [5.41, 5.74) is 6.90. The van der Waals surface area contributed by atoms with E-state index >= 15 is 0 Å². The lowest BCUT2D eigenvalue weighted by atomic mass is 10.1. The Kier molecular flexibility index (Phi) is 3.29. The van der Waals surface area contributed by atoms with Gasteiger partial charge in [-0.3, -0.25) is 4.79 Å². The number of halogens is 1. The van der Waals surface area contributed by atoms with E-state index in [9.17, 15) is 4.79 Å². The van der Waals surface area contributed by atoms with E-state index in [1.54, 1.807) is 18.2 Å². The molecule has 0 saturated heterocycles. The fourth-order valence-corrected chi connectivity index (χ4v) is 2.17. The molecule has 0 unspecified atom stereocenters. The smallest absolute Gasteiger partial charge is 0.252 e. The first-order valence-corrected chi connectivity index (χ1v) is 5.97. The van der Waals surface area contributed by atoms with E-state index in [0.29, 0.717) is 15.7 Å². The van der Waals surface area contributed by atoms with Crippen molar-refractivity contribution in [2.45, 2.75) is 18.9 Å². The van der Waals surface area contributed by atoms with Gasteiger partial charge in [-0.05, 0) is 40.9 Å². The lowest BCUT2D eigenvalue weighted by molar-refractivity contribution is 0.0938. The molecule has 16 heavy (non-hydrogen) atoms. The summed E-state index contributed by atoms with van der Waals surface area (Å²) >= 11 is 3.33. The van der Waals surface area contributed by atoms with Gasteiger partial charge in [0.2, 0.25) is 0 Å². The van der Waals surface area contributed by atoms with Crippen molar-refractivity contribution in [3.05, 3.63) is 40.4 Å². The number of anilines is 1. The van der Waals surface area contributed by atoms with Crippen LogP contribution in [0, 0.1) is 0 Å². The van der Waals surface area contributed by atoms with Crippen molar-refractivity contribution < 1.29 is 4.79 Å². The summed E-state index contributed by atoms with van der Waals surface area (Å²) in [5, 5.41) is 2.98. The highest BCUT2D eigenvalue weighted by Crippen LogP contribution is 2.24. The number of carbonyl (C=O) groups excluding carboxylic acids is 1. The summed E-state index contributed by atoms with van der Waals surface area (Å²) in [6, 6.07) is 5.53. The maximum Gasteiger partial charge on any atom is 0.252 e. The summed E-state index contributed by atoms with van der Waals surface area (Å²) in [7, 11) is 0. The first-order chi connectivity index (χ1) is 7.68. The first kappa shape index (κ1) is 11.2. The Bertz CT molecular complexity index is 435. The van der Waals surface area contributed by atoms with Crippen LogP contribution in [-0.2, 0) is 0 Å². The standard InChI is InChI=1S/C12H13BrN2O/c13-11-9(6-3-7-10(11)14)12(16)15-8-4-1-2-5-8/h1-3,6-8H,4-5,14H2,(H,15,16). The lowest BCUT2D eigenvalue weighted by Gasteiger charge is -2.13. The number of nitrogens with two attached hydrogens (primary N) is 1. The third kappa shape index (κ3) is 2.27. The van der Waals surface area contributed by atoms with Crippen molar-refractivity contribution in [3.8, 4) is 0 Å². The third-order valence-corrected chi connectivity index (χ3v) is 3.50. The zero-order chi connectivity index (χ0) is 11.5. The number of hydrogen-bond donors (Lipinski definition) is 2. The third-order valence-electron chi connectivity index (χ3n) is 2.62. The molecule has 1 aromatic rings. The zero-order valence-corrected chi connectivity index (χ0v) is 10.3. The second-order valence-corrected chi connectivity index (χ2v) is 4.61. The molecule has 1 aliphatic rings. The maximum absolute atomic E-state index is 11.9. The van der Waals surface area contributed by atoms with Gasteiger partial charge >= 0.3 is 0 Å². The molecule has 3 N–H and O–H groups in total. The molecule has 0 bridgehead atoms. The van der Waals surface area contributed by atoms with E-state index in [4.69, 9.17) is 5.73 Å². The van der Waals surface area contributed by atoms with Crippen molar-refractivity contribution >= 4 is 27.5 Å². The van der Waals surface area contributed by atoms with Gasteiger partial charge in [0.05, 0.1) is 10.0 Å². The van der Waals surface area contributed by atoms with Crippen molar-refractivity contribution in [2.75, 3.05) is 5.73 Å². The second-order valence-electron chi connectivity index (χ2n) is 3.82. The van der Waals surface area contributed by atoms with Gasteiger partial charge in [-0.25, -0.2) is 0 Å². The highest BCUT2D eigenvalue weighted by Gasteiger charge is 2.16. The highest BCUT2D eigenvalue weighted by atomic mass is 79.9. The van der Waals surface area contributed by atoms with E-state index in [0.717, 1.165) is 12.8 Å². The molecule has 1 aliphatic carbocycles. The van der Waals surface area contributed by atoms with Crippen LogP contribution < -0.4 is 11.1 Å². The topological polar surface area (TPSA) is 55.1 Å². The molecule has 0 atom stereocenters. The van der Waals surface area contributed by atoms with Gasteiger partial charge < -0.3 is 11.1 Å². The van der Waals surface area contributed by atoms with Crippen molar-refractivity contribution in [2.24, 2.45) is 0 Å². The highest BCUT2D eigenvalue weighted by molar-refractivity contribution is 9.10. The number of rotatable bonds is 2. The average Bonchev–Trinajstić information content (AvgIpc) is 2.74. The Morgan fingerprint density at radius 3 is 2.75 bits per heavy atom. The molecule has 84 valence electrons. The van der Waals surface area contributed by atoms with Gasteiger partial charge in [0.1, 0.15) is 0 Å². The van der Waals surface area contributed by atoms with E-state index in [-0.39, 0.29) is 11.9 Å². The summed E-state index contributed by atoms with van der Waals surface area (Å²) < 4.78 is 0.665. The van der Waals surface area contributed by atoms with Crippen LogP contribution >= 0.6 is 15.9 Å². The molecule has 0 radical (unpaired) electrons. The molecule has 0 heterocycles. The number of benzene rings is 1. The average molecular weight is 281 g/mol. The Morgan fingerprint density at radius 1 is 1.38 bits per heavy atom. The van der Waals surface area contributed by atoms with Gasteiger partial charge in [-0.1, -0.05) is 18.2 Å². The SMILES string of the molecule is Nc1cccc(C(=O)NC2CC=CC2)c1Br. The molecule has 3 nitrogen and oxygen atoms in total. The number of nitrogen functional groups attached to an aromatic ring is 1. The largest absolute Gasteiger partial charge is 0.398 e.